The van der Waals surface area contributed by atoms with Crippen molar-refractivity contribution in [2.24, 2.45) is 0 Å². The zero-order valence-corrected chi connectivity index (χ0v) is 9.91. The fraction of sp³-hybridized carbons (Fsp3) is 0.154. The number of carboxylic acids is 1. The van der Waals surface area contributed by atoms with Gasteiger partial charge in [-0.3, -0.25) is 14.7 Å². The molecule has 1 atom stereocenters. The Morgan fingerprint density at radius 2 is 2.11 bits per heavy atom. The van der Waals surface area contributed by atoms with Crippen LogP contribution in [0.1, 0.15) is 22.0 Å². The number of carboxylic acid groups (broad SMARTS) is 1. The van der Waals surface area contributed by atoms with Gasteiger partial charge < -0.3 is 10.0 Å². The standard InChI is InChI=1S/C13H11N3O3/c17-12(10-5-6-14-15-10)16-7-9(13(18)19)8-3-1-2-4-11(8)16/h1-6,9H,7H2,(H,14,15)(H,18,19). The van der Waals surface area contributed by atoms with Crippen molar-refractivity contribution in [2.75, 3.05) is 11.4 Å². The lowest BCUT2D eigenvalue weighted by molar-refractivity contribution is -0.138. The first-order chi connectivity index (χ1) is 9.18. The normalized spacial score (nSPS) is 17.3. The highest BCUT2D eigenvalue weighted by atomic mass is 16.4. The molecule has 1 aromatic heterocycles. The number of aliphatic carboxylic acids is 1. The average molecular weight is 257 g/mol. The van der Waals surface area contributed by atoms with E-state index in [4.69, 9.17) is 0 Å². The van der Waals surface area contributed by atoms with Crippen molar-refractivity contribution in [3.8, 4) is 0 Å². The number of aromatic nitrogens is 2. The first-order valence-electron chi connectivity index (χ1n) is 5.81. The highest BCUT2D eigenvalue weighted by Crippen LogP contribution is 2.36. The number of benzene rings is 1. The number of amides is 1. The van der Waals surface area contributed by atoms with E-state index in [1.165, 1.54) is 11.1 Å². The van der Waals surface area contributed by atoms with Crippen molar-refractivity contribution in [1.29, 1.82) is 0 Å². The second kappa shape index (κ2) is 4.24. The van der Waals surface area contributed by atoms with Crippen LogP contribution in [0.25, 0.3) is 0 Å². The Bertz CT molecular complexity index is 636. The van der Waals surface area contributed by atoms with Crippen LogP contribution in [0, 0.1) is 0 Å². The molecule has 6 heteroatoms. The first kappa shape index (κ1) is 11.5. The Balaban J connectivity index is 2.01. The van der Waals surface area contributed by atoms with E-state index in [1.54, 1.807) is 30.3 Å². The van der Waals surface area contributed by atoms with Gasteiger partial charge in [0, 0.05) is 18.4 Å². The number of aromatic amines is 1. The molecule has 1 aromatic carbocycles. The van der Waals surface area contributed by atoms with Gasteiger partial charge in [-0.2, -0.15) is 5.10 Å². The molecule has 1 unspecified atom stereocenters. The molecule has 2 aromatic rings. The van der Waals surface area contributed by atoms with Gasteiger partial charge in [0.05, 0.1) is 0 Å². The van der Waals surface area contributed by atoms with E-state index in [1.807, 2.05) is 0 Å². The van der Waals surface area contributed by atoms with E-state index in [0.29, 0.717) is 16.9 Å². The van der Waals surface area contributed by atoms with Crippen molar-refractivity contribution in [2.45, 2.75) is 5.92 Å². The summed E-state index contributed by atoms with van der Waals surface area (Å²) in [5.41, 5.74) is 1.67. The number of anilines is 1. The minimum Gasteiger partial charge on any atom is -0.481 e. The third kappa shape index (κ3) is 1.77. The Kier molecular flexibility index (Phi) is 2.56. The van der Waals surface area contributed by atoms with Crippen molar-refractivity contribution in [3.63, 3.8) is 0 Å². The smallest absolute Gasteiger partial charge is 0.312 e. The van der Waals surface area contributed by atoms with Crippen LogP contribution in [0.5, 0.6) is 0 Å². The van der Waals surface area contributed by atoms with Gasteiger partial charge in [-0.25, -0.2) is 0 Å². The lowest BCUT2D eigenvalue weighted by Crippen LogP contribution is -2.31. The van der Waals surface area contributed by atoms with Crippen LogP contribution in [-0.2, 0) is 4.79 Å². The number of H-pyrrole nitrogens is 1. The zero-order valence-electron chi connectivity index (χ0n) is 9.91. The van der Waals surface area contributed by atoms with Gasteiger partial charge in [0.25, 0.3) is 5.91 Å². The van der Waals surface area contributed by atoms with Gasteiger partial charge in [-0.1, -0.05) is 18.2 Å². The summed E-state index contributed by atoms with van der Waals surface area (Å²) in [5, 5.41) is 15.6. The van der Waals surface area contributed by atoms with Crippen molar-refractivity contribution in [3.05, 3.63) is 47.8 Å². The summed E-state index contributed by atoms with van der Waals surface area (Å²) in [6, 6.07) is 8.63. The van der Waals surface area contributed by atoms with Crippen LogP contribution < -0.4 is 4.90 Å². The summed E-state index contributed by atoms with van der Waals surface area (Å²) >= 11 is 0. The summed E-state index contributed by atoms with van der Waals surface area (Å²) in [6.45, 7) is 0.145. The van der Waals surface area contributed by atoms with Gasteiger partial charge in [0.1, 0.15) is 11.6 Å². The number of nitrogens with one attached hydrogen (secondary N) is 1. The van der Waals surface area contributed by atoms with E-state index < -0.39 is 11.9 Å². The van der Waals surface area contributed by atoms with Gasteiger partial charge in [0.15, 0.2) is 0 Å². The Hall–Kier alpha value is -2.63. The third-order valence-corrected chi connectivity index (χ3v) is 3.24. The molecule has 1 amide bonds. The van der Waals surface area contributed by atoms with Crippen molar-refractivity contribution < 1.29 is 14.7 Å². The topological polar surface area (TPSA) is 86.3 Å². The molecule has 1 aliphatic heterocycles. The molecule has 0 aliphatic carbocycles. The second-order valence-corrected chi connectivity index (χ2v) is 4.34. The van der Waals surface area contributed by atoms with Gasteiger partial charge >= 0.3 is 5.97 Å². The van der Waals surface area contributed by atoms with E-state index in [0.717, 1.165) is 0 Å². The third-order valence-electron chi connectivity index (χ3n) is 3.24. The van der Waals surface area contributed by atoms with Gasteiger partial charge in [0.2, 0.25) is 0 Å². The summed E-state index contributed by atoms with van der Waals surface area (Å²) in [5.74, 6) is -1.87. The average Bonchev–Trinajstić information content (AvgIpc) is 3.05. The zero-order chi connectivity index (χ0) is 13.4. The number of hydrogen-bond acceptors (Lipinski definition) is 3. The summed E-state index contributed by atoms with van der Waals surface area (Å²) < 4.78 is 0. The summed E-state index contributed by atoms with van der Waals surface area (Å²) in [7, 11) is 0. The highest BCUT2D eigenvalue weighted by Gasteiger charge is 2.36. The monoisotopic (exact) mass is 257 g/mol. The van der Waals surface area contributed by atoms with Crippen LogP contribution in [0.15, 0.2) is 36.5 Å². The van der Waals surface area contributed by atoms with Crippen LogP contribution >= 0.6 is 0 Å². The largest absolute Gasteiger partial charge is 0.481 e. The lowest BCUT2D eigenvalue weighted by atomic mass is 10.0. The fourth-order valence-electron chi connectivity index (χ4n) is 2.33. The molecule has 0 saturated heterocycles. The predicted molar refractivity (Wildman–Crippen MR) is 67.1 cm³/mol. The van der Waals surface area contributed by atoms with Gasteiger partial charge in [-0.05, 0) is 17.7 Å². The summed E-state index contributed by atoms with van der Waals surface area (Å²) in [4.78, 5) is 25.0. The molecule has 0 radical (unpaired) electrons. The van der Waals surface area contributed by atoms with Crippen LogP contribution in [0.4, 0.5) is 5.69 Å². The van der Waals surface area contributed by atoms with Gasteiger partial charge in [-0.15, -0.1) is 0 Å². The lowest BCUT2D eigenvalue weighted by Gasteiger charge is -2.16. The molecule has 2 N–H and O–H groups in total. The number of para-hydroxylation sites is 1. The number of fused-ring (bicyclic) bond motifs is 1. The molecule has 3 rings (SSSR count). The molecule has 96 valence electrons. The molecule has 0 fully saturated rings. The van der Waals surface area contributed by atoms with Crippen LogP contribution in [0.2, 0.25) is 0 Å². The molecule has 1 aliphatic rings. The number of carbonyl (C=O) groups is 2. The maximum absolute atomic E-state index is 12.3. The molecule has 0 saturated carbocycles. The highest BCUT2D eigenvalue weighted by molar-refractivity contribution is 6.07. The Morgan fingerprint density at radius 3 is 2.79 bits per heavy atom. The molecular weight excluding hydrogens is 246 g/mol. The Labute approximate surface area is 108 Å². The number of rotatable bonds is 2. The minimum atomic E-state index is -0.924. The second-order valence-electron chi connectivity index (χ2n) is 4.34. The molecule has 19 heavy (non-hydrogen) atoms. The van der Waals surface area contributed by atoms with Crippen molar-refractivity contribution >= 4 is 17.6 Å². The molecule has 0 spiro atoms. The van der Waals surface area contributed by atoms with Crippen molar-refractivity contribution in [1.82, 2.24) is 10.2 Å². The maximum atomic E-state index is 12.3. The van der Waals surface area contributed by atoms with E-state index in [-0.39, 0.29) is 12.5 Å². The van der Waals surface area contributed by atoms with Crippen LogP contribution in [0.3, 0.4) is 0 Å². The van der Waals surface area contributed by atoms with E-state index >= 15 is 0 Å². The number of carbonyl (C=O) groups excluding carboxylic acids is 1. The molecule has 6 nitrogen and oxygen atoms in total. The predicted octanol–water partition coefficient (Wildman–Crippen LogP) is 1.24. The number of nitrogens with zero attached hydrogens (tertiary/aromatic N) is 2. The minimum absolute atomic E-state index is 0.145. The number of hydrogen-bond donors (Lipinski definition) is 2. The Morgan fingerprint density at radius 1 is 1.32 bits per heavy atom. The van der Waals surface area contributed by atoms with E-state index in [2.05, 4.69) is 10.2 Å². The van der Waals surface area contributed by atoms with E-state index in [9.17, 15) is 14.7 Å². The molecule has 2 heterocycles. The van der Waals surface area contributed by atoms with Crippen LogP contribution in [-0.4, -0.2) is 33.7 Å². The first-order valence-corrected chi connectivity index (χ1v) is 5.81. The maximum Gasteiger partial charge on any atom is 0.312 e. The quantitative estimate of drug-likeness (QED) is 0.847. The molecule has 0 bridgehead atoms. The molecular formula is C13H11N3O3. The SMILES string of the molecule is O=C(O)C1CN(C(=O)c2ccn[nH]2)c2ccccc21. The summed E-state index contributed by atoms with van der Waals surface area (Å²) in [6.07, 6.45) is 1.49. The fourth-order valence-corrected chi connectivity index (χ4v) is 2.33.